The maximum atomic E-state index is 12.7. The fourth-order valence-corrected chi connectivity index (χ4v) is 2.76. The number of hydrogen-bond donors (Lipinski definition) is 1. The molecule has 25 heavy (non-hydrogen) atoms. The van der Waals surface area contributed by atoms with Gasteiger partial charge in [-0.05, 0) is 30.3 Å². The van der Waals surface area contributed by atoms with Gasteiger partial charge in [-0.15, -0.1) is 0 Å². The van der Waals surface area contributed by atoms with E-state index in [9.17, 15) is 22.8 Å². The number of rotatable bonds is 3. The second-order valence-electron chi connectivity index (χ2n) is 5.81. The number of nitrogens with one attached hydrogen (secondary N) is 1. The number of alkyl halides is 3. The molecular weight excluding hydrogens is 333 g/mol. The molecule has 0 spiro atoms. The molecular formula is C18H15F3N2O2. The lowest BCUT2D eigenvalue weighted by molar-refractivity contribution is -0.137. The van der Waals surface area contributed by atoms with E-state index in [0.29, 0.717) is 5.69 Å². The summed E-state index contributed by atoms with van der Waals surface area (Å²) in [6.07, 6.45) is -4.45. The summed E-state index contributed by atoms with van der Waals surface area (Å²) in [5.74, 6) is -1.26. The van der Waals surface area contributed by atoms with Gasteiger partial charge < -0.3 is 10.2 Å². The molecule has 2 amide bonds. The van der Waals surface area contributed by atoms with E-state index in [0.717, 1.165) is 12.1 Å². The van der Waals surface area contributed by atoms with Crippen LogP contribution >= 0.6 is 0 Å². The van der Waals surface area contributed by atoms with E-state index in [1.807, 2.05) is 6.07 Å². The number of hydrogen-bond acceptors (Lipinski definition) is 2. The van der Waals surface area contributed by atoms with Crippen LogP contribution in [0.1, 0.15) is 12.0 Å². The molecule has 1 aliphatic heterocycles. The zero-order valence-corrected chi connectivity index (χ0v) is 13.1. The number of carbonyl (C=O) groups excluding carboxylic acids is 2. The van der Waals surface area contributed by atoms with Gasteiger partial charge >= 0.3 is 6.18 Å². The minimum Gasteiger partial charge on any atom is -0.326 e. The lowest BCUT2D eigenvalue weighted by Gasteiger charge is -2.16. The largest absolute Gasteiger partial charge is 0.416 e. The summed E-state index contributed by atoms with van der Waals surface area (Å²) in [5, 5.41) is 2.47. The highest BCUT2D eigenvalue weighted by molar-refractivity contribution is 6.03. The van der Waals surface area contributed by atoms with Gasteiger partial charge in [-0.2, -0.15) is 13.2 Å². The van der Waals surface area contributed by atoms with Crippen molar-refractivity contribution in [3.05, 3.63) is 60.2 Å². The molecule has 1 N–H and O–H groups in total. The fourth-order valence-electron chi connectivity index (χ4n) is 2.76. The maximum Gasteiger partial charge on any atom is 0.416 e. The van der Waals surface area contributed by atoms with E-state index in [1.54, 1.807) is 24.3 Å². The zero-order chi connectivity index (χ0) is 18.0. The van der Waals surface area contributed by atoms with Gasteiger partial charge in [-0.3, -0.25) is 9.59 Å². The van der Waals surface area contributed by atoms with Crippen LogP contribution in [0.25, 0.3) is 0 Å². The first kappa shape index (κ1) is 17.0. The summed E-state index contributed by atoms with van der Waals surface area (Å²) >= 11 is 0. The third-order valence-electron chi connectivity index (χ3n) is 4.02. The summed E-state index contributed by atoms with van der Waals surface area (Å²) in [7, 11) is 0. The fraction of sp³-hybridized carbons (Fsp3) is 0.222. The van der Waals surface area contributed by atoms with Gasteiger partial charge in [0.15, 0.2) is 0 Å². The Bertz CT molecular complexity index is 790. The molecule has 0 bridgehead atoms. The van der Waals surface area contributed by atoms with E-state index in [2.05, 4.69) is 5.32 Å². The summed E-state index contributed by atoms with van der Waals surface area (Å²) in [4.78, 5) is 26.0. The van der Waals surface area contributed by atoms with Crippen molar-refractivity contribution < 1.29 is 22.8 Å². The Labute approximate surface area is 142 Å². The highest BCUT2D eigenvalue weighted by Crippen LogP contribution is 2.31. The second kappa shape index (κ2) is 6.58. The molecule has 130 valence electrons. The number of benzene rings is 2. The highest BCUT2D eigenvalue weighted by atomic mass is 19.4. The Hall–Kier alpha value is -2.83. The molecule has 1 heterocycles. The average molecular weight is 348 g/mol. The smallest absolute Gasteiger partial charge is 0.326 e. The minimum atomic E-state index is -4.48. The molecule has 0 saturated carbocycles. The van der Waals surface area contributed by atoms with Crippen molar-refractivity contribution >= 4 is 23.2 Å². The van der Waals surface area contributed by atoms with Crippen molar-refractivity contribution in [2.45, 2.75) is 12.6 Å². The molecule has 2 aromatic carbocycles. The second-order valence-corrected chi connectivity index (χ2v) is 5.81. The number of amides is 2. The molecule has 2 aromatic rings. The summed E-state index contributed by atoms with van der Waals surface area (Å²) in [6.45, 7) is 0.202. The predicted molar refractivity (Wildman–Crippen MR) is 87.0 cm³/mol. The molecule has 3 rings (SSSR count). The predicted octanol–water partition coefficient (Wildman–Crippen LogP) is 3.70. The molecule has 1 fully saturated rings. The Kier molecular flexibility index (Phi) is 4.48. The van der Waals surface area contributed by atoms with Gasteiger partial charge in [0, 0.05) is 24.3 Å². The quantitative estimate of drug-likeness (QED) is 0.920. The van der Waals surface area contributed by atoms with Gasteiger partial charge in [0.05, 0.1) is 11.5 Å². The van der Waals surface area contributed by atoms with E-state index in [1.165, 1.54) is 17.0 Å². The number of anilines is 2. The standard InChI is InChI=1S/C18H15F3N2O2/c19-18(20,21)13-5-4-6-14(10-13)22-17(25)12-9-16(24)23(11-12)15-7-2-1-3-8-15/h1-8,10,12H,9,11H2,(H,22,25)/t12-/m1/s1. The van der Waals surface area contributed by atoms with Crippen LogP contribution in [0.3, 0.4) is 0 Å². The molecule has 0 aromatic heterocycles. The Morgan fingerprint density at radius 1 is 1.08 bits per heavy atom. The Morgan fingerprint density at radius 3 is 2.48 bits per heavy atom. The van der Waals surface area contributed by atoms with E-state index in [4.69, 9.17) is 0 Å². The van der Waals surface area contributed by atoms with Gasteiger partial charge in [0.25, 0.3) is 0 Å². The molecule has 1 aliphatic rings. The van der Waals surface area contributed by atoms with Gasteiger partial charge in [-0.1, -0.05) is 24.3 Å². The van der Waals surface area contributed by atoms with Crippen LogP contribution in [0.15, 0.2) is 54.6 Å². The lowest BCUT2D eigenvalue weighted by Crippen LogP contribution is -2.28. The average Bonchev–Trinajstić information content (AvgIpc) is 2.97. The zero-order valence-electron chi connectivity index (χ0n) is 13.1. The first-order valence-corrected chi connectivity index (χ1v) is 7.68. The lowest BCUT2D eigenvalue weighted by atomic mass is 10.1. The Morgan fingerprint density at radius 2 is 1.80 bits per heavy atom. The van der Waals surface area contributed by atoms with E-state index < -0.39 is 23.6 Å². The normalized spacial score (nSPS) is 17.6. The SMILES string of the molecule is O=C(Nc1cccc(C(F)(F)F)c1)[C@@H]1CC(=O)N(c2ccccc2)C1. The van der Waals surface area contributed by atoms with Crippen molar-refractivity contribution in [1.29, 1.82) is 0 Å². The van der Waals surface area contributed by atoms with Crippen molar-refractivity contribution in [1.82, 2.24) is 0 Å². The van der Waals surface area contributed by atoms with Crippen LogP contribution < -0.4 is 10.2 Å². The maximum absolute atomic E-state index is 12.7. The van der Waals surface area contributed by atoms with Crippen molar-refractivity contribution in [2.75, 3.05) is 16.8 Å². The topological polar surface area (TPSA) is 49.4 Å². The molecule has 7 heteroatoms. The minimum absolute atomic E-state index is 0.0275. The number of carbonyl (C=O) groups is 2. The van der Waals surface area contributed by atoms with Gasteiger partial charge in [0.2, 0.25) is 11.8 Å². The third-order valence-corrected chi connectivity index (χ3v) is 4.02. The van der Waals surface area contributed by atoms with Crippen molar-refractivity contribution in [3.8, 4) is 0 Å². The van der Waals surface area contributed by atoms with Crippen LogP contribution in [-0.2, 0) is 15.8 Å². The first-order chi connectivity index (χ1) is 11.8. The Balaban J connectivity index is 1.70. The van der Waals surface area contributed by atoms with Crippen LogP contribution in [0.2, 0.25) is 0 Å². The molecule has 0 aliphatic carbocycles. The van der Waals surface area contributed by atoms with Crippen molar-refractivity contribution in [3.63, 3.8) is 0 Å². The monoisotopic (exact) mass is 348 g/mol. The molecule has 0 unspecified atom stereocenters. The number of halogens is 3. The van der Waals surface area contributed by atoms with Crippen molar-refractivity contribution in [2.24, 2.45) is 5.92 Å². The summed E-state index contributed by atoms with van der Waals surface area (Å²) < 4.78 is 38.2. The summed E-state index contributed by atoms with van der Waals surface area (Å²) in [6, 6.07) is 13.4. The molecule has 1 saturated heterocycles. The number of nitrogens with zero attached hydrogens (tertiary/aromatic N) is 1. The molecule has 4 nitrogen and oxygen atoms in total. The van der Waals surface area contributed by atoms with Crippen LogP contribution in [-0.4, -0.2) is 18.4 Å². The number of para-hydroxylation sites is 1. The van der Waals surface area contributed by atoms with Gasteiger partial charge in [0.1, 0.15) is 0 Å². The molecule has 0 radical (unpaired) electrons. The summed E-state index contributed by atoms with van der Waals surface area (Å²) in [5.41, 5.74) is -0.0778. The van der Waals surface area contributed by atoms with Gasteiger partial charge in [-0.25, -0.2) is 0 Å². The molecule has 1 atom stereocenters. The van der Waals surface area contributed by atoms with Crippen LogP contribution in [0.5, 0.6) is 0 Å². The van der Waals surface area contributed by atoms with E-state index in [-0.39, 0.29) is 24.6 Å². The first-order valence-electron chi connectivity index (χ1n) is 7.68. The third kappa shape index (κ3) is 3.81. The highest BCUT2D eigenvalue weighted by Gasteiger charge is 2.35. The van der Waals surface area contributed by atoms with Crippen LogP contribution in [0.4, 0.5) is 24.5 Å². The van der Waals surface area contributed by atoms with Crippen LogP contribution in [0, 0.1) is 5.92 Å². The van der Waals surface area contributed by atoms with E-state index >= 15 is 0 Å².